The van der Waals surface area contributed by atoms with Crippen molar-refractivity contribution in [2.75, 3.05) is 38.0 Å². The number of likely N-dealkylation sites (tertiary alicyclic amines) is 2. The highest BCUT2D eigenvalue weighted by Gasteiger charge is 2.33. The van der Waals surface area contributed by atoms with E-state index in [4.69, 9.17) is 0 Å². The molecule has 2 atom stereocenters. The summed E-state index contributed by atoms with van der Waals surface area (Å²) in [5.74, 6) is 0.497. The first-order valence-corrected chi connectivity index (χ1v) is 11.6. The molecule has 0 aromatic heterocycles. The Labute approximate surface area is 185 Å². The van der Waals surface area contributed by atoms with Gasteiger partial charge in [-0.2, -0.15) is 0 Å². The Bertz CT molecular complexity index is 765. The Hall–Kier alpha value is -2.57. The Balaban J connectivity index is 1.46. The van der Waals surface area contributed by atoms with Gasteiger partial charge in [0.1, 0.15) is 0 Å². The molecular weight excluding hydrogens is 392 g/mol. The number of piperidine rings is 2. The Morgan fingerprint density at radius 3 is 2.45 bits per heavy atom. The normalized spacial score (nSPS) is 21.5. The number of hydrogen-bond donors (Lipinski definition) is 2. The van der Waals surface area contributed by atoms with E-state index < -0.39 is 0 Å². The lowest BCUT2D eigenvalue weighted by Gasteiger charge is -2.38. The highest BCUT2D eigenvalue weighted by Crippen LogP contribution is 2.23. The van der Waals surface area contributed by atoms with Crippen LogP contribution in [0.3, 0.4) is 0 Å². The Kier molecular flexibility index (Phi) is 8.32. The first kappa shape index (κ1) is 23.1. The monoisotopic (exact) mass is 428 g/mol. The summed E-state index contributed by atoms with van der Waals surface area (Å²) >= 11 is 0. The van der Waals surface area contributed by atoms with Crippen LogP contribution < -0.4 is 10.6 Å². The molecule has 7 heteroatoms. The molecule has 31 heavy (non-hydrogen) atoms. The molecule has 7 nitrogen and oxygen atoms in total. The van der Waals surface area contributed by atoms with E-state index >= 15 is 0 Å². The number of benzene rings is 1. The molecule has 2 fully saturated rings. The predicted molar refractivity (Wildman–Crippen MR) is 122 cm³/mol. The van der Waals surface area contributed by atoms with E-state index in [1.54, 1.807) is 0 Å². The molecule has 2 unspecified atom stereocenters. The molecule has 170 valence electrons. The zero-order valence-corrected chi connectivity index (χ0v) is 18.9. The lowest BCUT2D eigenvalue weighted by Crippen LogP contribution is -2.50. The summed E-state index contributed by atoms with van der Waals surface area (Å²) in [7, 11) is 0. The second-order valence-corrected chi connectivity index (χ2v) is 8.92. The van der Waals surface area contributed by atoms with Gasteiger partial charge in [-0.05, 0) is 57.1 Å². The number of hydrogen-bond acceptors (Lipinski definition) is 3. The van der Waals surface area contributed by atoms with Gasteiger partial charge in [0.2, 0.25) is 11.8 Å². The molecule has 0 radical (unpaired) electrons. The number of aryl methyl sites for hydroxylation is 1. The van der Waals surface area contributed by atoms with E-state index in [0.717, 1.165) is 56.4 Å². The maximum Gasteiger partial charge on any atom is 0.319 e. The van der Waals surface area contributed by atoms with Crippen molar-refractivity contribution in [3.8, 4) is 0 Å². The Morgan fingerprint density at radius 1 is 1.00 bits per heavy atom. The van der Waals surface area contributed by atoms with E-state index in [2.05, 4.69) is 10.6 Å². The number of nitrogens with one attached hydrogen (secondary N) is 2. The van der Waals surface area contributed by atoms with Gasteiger partial charge in [0.05, 0.1) is 5.92 Å². The molecule has 2 aliphatic heterocycles. The molecule has 1 aromatic carbocycles. The van der Waals surface area contributed by atoms with Gasteiger partial charge in [0.25, 0.3) is 0 Å². The van der Waals surface area contributed by atoms with Gasteiger partial charge < -0.3 is 20.4 Å². The minimum atomic E-state index is -0.218. The van der Waals surface area contributed by atoms with Crippen molar-refractivity contribution in [2.45, 2.75) is 52.4 Å². The summed E-state index contributed by atoms with van der Waals surface area (Å²) in [6, 6.07) is 7.47. The number of urea groups is 1. The molecule has 2 heterocycles. The van der Waals surface area contributed by atoms with Gasteiger partial charge in [-0.3, -0.25) is 9.59 Å². The lowest BCUT2D eigenvalue weighted by molar-refractivity contribution is -0.142. The van der Waals surface area contributed by atoms with E-state index in [9.17, 15) is 14.4 Å². The van der Waals surface area contributed by atoms with Gasteiger partial charge in [-0.1, -0.05) is 24.6 Å². The van der Waals surface area contributed by atoms with Gasteiger partial charge in [-0.25, -0.2) is 4.79 Å². The van der Waals surface area contributed by atoms with E-state index in [1.807, 2.05) is 47.9 Å². The van der Waals surface area contributed by atoms with Crippen molar-refractivity contribution in [3.63, 3.8) is 0 Å². The second kappa shape index (κ2) is 11.2. The maximum atomic E-state index is 13.1. The van der Waals surface area contributed by atoms with Crippen molar-refractivity contribution in [1.29, 1.82) is 0 Å². The lowest BCUT2D eigenvalue weighted by atomic mass is 9.92. The fourth-order valence-electron chi connectivity index (χ4n) is 4.52. The average molecular weight is 429 g/mol. The second-order valence-electron chi connectivity index (χ2n) is 8.92. The zero-order chi connectivity index (χ0) is 22.2. The third kappa shape index (κ3) is 6.71. The highest BCUT2D eigenvalue weighted by atomic mass is 16.2. The highest BCUT2D eigenvalue weighted by molar-refractivity contribution is 5.89. The van der Waals surface area contributed by atoms with Crippen molar-refractivity contribution >= 4 is 23.5 Å². The third-order valence-electron chi connectivity index (χ3n) is 6.28. The van der Waals surface area contributed by atoms with Crippen LogP contribution in [0.2, 0.25) is 0 Å². The van der Waals surface area contributed by atoms with Crippen LogP contribution in [0.15, 0.2) is 24.3 Å². The van der Waals surface area contributed by atoms with Crippen LogP contribution >= 0.6 is 0 Å². The molecular formula is C24H36N4O3. The molecule has 2 aliphatic rings. The summed E-state index contributed by atoms with van der Waals surface area (Å²) in [5.41, 5.74) is 1.91. The third-order valence-corrected chi connectivity index (χ3v) is 6.28. The molecule has 0 saturated carbocycles. The molecule has 2 N–H and O–H groups in total. The smallest absolute Gasteiger partial charge is 0.319 e. The van der Waals surface area contributed by atoms with Crippen molar-refractivity contribution < 1.29 is 14.4 Å². The van der Waals surface area contributed by atoms with Crippen LogP contribution in [0, 0.1) is 18.8 Å². The van der Waals surface area contributed by atoms with Crippen LogP contribution in [-0.2, 0) is 9.59 Å². The van der Waals surface area contributed by atoms with E-state index in [-0.39, 0.29) is 29.7 Å². The molecule has 0 spiro atoms. The fraction of sp³-hybridized carbons (Fsp3) is 0.625. The number of carbonyl (C=O) groups excluding carboxylic acids is 3. The summed E-state index contributed by atoms with van der Waals surface area (Å²) in [5, 5.41) is 5.80. The summed E-state index contributed by atoms with van der Waals surface area (Å²) in [6.07, 6.45) is 5.09. The number of nitrogens with zero attached hydrogens (tertiary/aromatic N) is 2. The Morgan fingerprint density at radius 2 is 1.71 bits per heavy atom. The maximum absolute atomic E-state index is 13.1. The molecule has 1 aromatic rings. The number of rotatable bonds is 6. The molecule has 0 aliphatic carbocycles. The largest absolute Gasteiger partial charge is 0.342 e. The molecule has 4 amide bonds. The SMILES string of the molecule is CCCC(=O)N1CCCC(C(=O)N2CCCC(CNC(=O)Nc3ccc(C)cc3)C2)C1. The minimum Gasteiger partial charge on any atom is -0.342 e. The fourth-order valence-corrected chi connectivity index (χ4v) is 4.52. The van der Waals surface area contributed by atoms with Crippen molar-refractivity contribution in [1.82, 2.24) is 15.1 Å². The minimum absolute atomic E-state index is 0.0916. The summed E-state index contributed by atoms with van der Waals surface area (Å²) < 4.78 is 0. The first-order valence-electron chi connectivity index (χ1n) is 11.6. The van der Waals surface area contributed by atoms with E-state index in [1.165, 1.54) is 0 Å². The van der Waals surface area contributed by atoms with Gasteiger partial charge in [0.15, 0.2) is 0 Å². The average Bonchev–Trinajstić information content (AvgIpc) is 2.79. The van der Waals surface area contributed by atoms with Crippen LogP contribution in [0.25, 0.3) is 0 Å². The number of carbonyl (C=O) groups is 3. The topological polar surface area (TPSA) is 81.8 Å². The van der Waals surface area contributed by atoms with Crippen LogP contribution in [0.1, 0.15) is 51.0 Å². The zero-order valence-electron chi connectivity index (χ0n) is 18.9. The van der Waals surface area contributed by atoms with Crippen molar-refractivity contribution in [2.24, 2.45) is 11.8 Å². The quantitative estimate of drug-likeness (QED) is 0.729. The molecule has 3 rings (SSSR count). The molecule has 2 saturated heterocycles. The summed E-state index contributed by atoms with van der Waals surface area (Å²) in [6.45, 7) is 7.32. The number of anilines is 1. The summed E-state index contributed by atoms with van der Waals surface area (Å²) in [4.78, 5) is 41.4. The number of amides is 4. The van der Waals surface area contributed by atoms with Gasteiger partial charge in [-0.15, -0.1) is 0 Å². The predicted octanol–water partition coefficient (Wildman–Crippen LogP) is 3.39. The van der Waals surface area contributed by atoms with E-state index in [0.29, 0.717) is 26.1 Å². The first-order chi connectivity index (χ1) is 15.0. The molecule has 0 bridgehead atoms. The van der Waals surface area contributed by atoms with Crippen LogP contribution in [-0.4, -0.2) is 60.4 Å². The van der Waals surface area contributed by atoms with Gasteiger partial charge >= 0.3 is 6.03 Å². The van der Waals surface area contributed by atoms with Crippen LogP contribution in [0.4, 0.5) is 10.5 Å². The standard InChI is InChI=1S/C24H36N4O3/c1-3-6-22(29)27-13-5-8-20(17-27)23(30)28-14-4-7-19(16-28)15-25-24(31)26-21-11-9-18(2)10-12-21/h9-12,19-20H,3-8,13-17H2,1-2H3,(H2,25,26,31). The van der Waals surface area contributed by atoms with Crippen LogP contribution in [0.5, 0.6) is 0 Å². The van der Waals surface area contributed by atoms with Gasteiger partial charge in [0, 0.05) is 44.8 Å². The van der Waals surface area contributed by atoms with Crippen molar-refractivity contribution in [3.05, 3.63) is 29.8 Å².